The fraction of sp³-hybridized carbons (Fsp3) is 0.500. The highest BCUT2D eigenvalue weighted by Gasteiger charge is 2.30. The van der Waals surface area contributed by atoms with Crippen LogP contribution in [-0.4, -0.2) is 35.9 Å². The fourth-order valence-corrected chi connectivity index (χ4v) is 2.77. The molecular formula is C16H21ClN2O3. The molecule has 1 saturated heterocycles. The molecule has 0 saturated carbocycles. The Balaban J connectivity index is 2.02. The Labute approximate surface area is 135 Å². The quantitative estimate of drug-likeness (QED) is 0.922. The van der Waals surface area contributed by atoms with Gasteiger partial charge >= 0.3 is 0 Å². The van der Waals surface area contributed by atoms with Gasteiger partial charge in [0.25, 0.3) is 5.91 Å². The number of halogens is 1. The molecule has 1 heterocycles. The van der Waals surface area contributed by atoms with Crippen molar-refractivity contribution in [1.82, 2.24) is 4.90 Å². The first-order valence-electron chi connectivity index (χ1n) is 7.39. The molecule has 0 unspecified atom stereocenters. The average molecular weight is 325 g/mol. The molecule has 120 valence electrons. The van der Waals surface area contributed by atoms with Crippen molar-refractivity contribution in [3.05, 3.63) is 28.8 Å². The van der Waals surface area contributed by atoms with Crippen molar-refractivity contribution >= 4 is 23.4 Å². The summed E-state index contributed by atoms with van der Waals surface area (Å²) in [5.74, 6) is -0.283. The van der Waals surface area contributed by atoms with Crippen molar-refractivity contribution in [2.24, 2.45) is 11.7 Å². The van der Waals surface area contributed by atoms with Gasteiger partial charge in [0, 0.05) is 13.1 Å². The third-order valence-corrected chi connectivity index (χ3v) is 4.19. The third-order valence-electron chi connectivity index (χ3n) is 3.87. The number of amides is 2. The second-order valence-corrected chi connectivity index (χ2v) is 6.13. The molecule has 22 heavy (non-hydrogen) atoms. The van der Waals surface area contributed by atoms with Crippen LogP contribution in [0.3, 0.4) is 0 Å². The van der Waals surface area contributed by atoms with E-state index in [4.69, 9.17) is 22.1 Å². The van der Waals surface area contributed by atoms with E-state index < -0.39 is 6.10 Å². The number of piperidine rings is 1. The monoisotopic (exact) mass is 324 g/mol. The minimum atomic E-state index is -0.661. The Morgan fingerprint density at radius 2 is 2.18 bits per heavy atom. The van der Waals surface area contributed by atoms with Crippen molar-refractivity contribution in [2.75, 3.05) is 13.1 Å². The molecule has 2 atom stereocenters. The van der Waals surface area contributed by atoms with Gasteiger partial charge in [-0.15, -0.1) is 0 Å². The Hall–Kier alpha value is -1.75. The van der Waals surface area contributed by atoms with Crippen LogP contribution in [0.2, 0.25) is 5.02 Å². The Bertz CT molecular complexity index is 577. The molecule has 1 aromatic carbocycles. The lowest BCUT2D eigenvalue weighted by molar-refractivity contribution is -0.141. The van der Waals surface area contributed by atoms with Crippen molar-refractivity contribution in [3.63, 3.8) is 0 Å². The van der Waals surface area contributed by atoms with Crippen LogP contribution in [0.5, 0.6) is 5.75 Å². The number of aryl methyl sites for hydroxylation is 1. The summed E-state index contributed by atoms with van der Waals surface area (Å²) in [5, 5.41) is 0.471. The van der Waals surface area contributed by atoms with Gasteiger partial charge in [-0.25, -0.2) is 0 Å². The van der Waals surface area contributed by atoms with Crippen molar-refractivity contribution in [3.8, 4) is 5.75 Å². The molecule has 5 nitrogen and oxygen atoms in total. The van der Waals surface area contributed by atoms with Crippen LogP contribution in [0, 0.1) is 12.8 Å². The third kappa shape index (κ3) is 3.91. The zero-order valence-electron chi connectivity index (χ0n) is 12.8. The van der Waals surface area contributed by atoms with Gasteiger partial charge in [-0.2, -0.15) is 0 Å². The van der Waals surface area contributed by atoms with Crippen LogP contribution in [0.4, 0.5) is 0 Å². The summed E-state index contributed by atoms with van der Waals surface area (Å²) >= 11 is 6.08. The molecular weight excluding hydrogens is 304 g/mol. The molecule has 0 spiro atoms. The molecule has 0 radical (unpaired) electrons. The first-order chi connectivity index (χ1) is 10.4. The summed E-state index contributed by atoms with van der Waals surface area (Å²) in [6, 6.07) is 5.42. The van der Waals surface area contributed by atoms with E-state index in [2.05, 4.69) is 0 Å². The number of hydrogen-bond acceptors (Lipinski definition) is 3. The average Bonchev–Trinajstić information content (AvgIpc) is 2.50. The van der Waals surface area contributed by atoms with Gasteiger partial charge < -0.3 is 15.4 Å². The number of nitrogens with zero attached hydrogens (tertiary/aromatic N) is 1. The summed E-state index contributed by atoms with van der Waals surface area (Å²) in [6.45, 7) is 4.61. The number of benzene rings is 1. The molecule has 0 aromatic heterocycles. The van der Waals surface area contributed by atoms with E-state index in [1.165, 1.54) is 0 Å². The number of nitrogens with two attached hydrogens (primary N) is 1. The van der Waals surface area contributed by atoms with Gasteiger partial charge in [0.2, 0.25) is 5.91 Å². The maximum Gasteiger partial charge on any atom is 0.263 e. The summed E-state index contributed by atoms with van der Waals surface area (Å²) in [6.07, 6.45) is 0.848. The fourth-order valence-electron chi connectivity index (χ4n) is 2.61. The lowest BCUT2D eigenvalue weighted by Gasteiger charge is -2.33. The predicted octanol–water partition coefficient (Wildman–Crippen LogP) is 2.14. The summed E-state index contributed by atoms with van der Waals surface area (Å²) in [4.78, 5) is 25.4. The SMILES string of the molecule is Cc1ccc(Cl)c(O[C@@H](C)C(=O)N2CCC[C@@H](C(N)=O)C2)c1. The molecule has 0 bridgehead atoms. The molecule has 0 aliphatic carbocycles. The number of rotatable bonds is 4. The van der Waals surface area contributed by atoms with Crippen LogP contribution < -0.4 is 10.5 Å². The van der Waals surface area contributed by atoms with Gasteiger partial charge in [-0.05, 0) is 44.4 Å². The number of ether oxygens (including phenoxy) is 1. The minimum absolute atomic E-state index is 0.150. The van der Waals surface area contributed by atoms with E-state index in [0.29, 0.717) is 23.9 Å². The van der Waals surface area contributed by atoms with Gasteiger partial charge in [-0.3, -0.25) is 9.59 Å². The zero-order valence-corrected chi connectivity index (χ0v) is 13.6. The molecule has 1 aromatic rings. The lowest BCUT2D eigenvalue weighted by atomic mass is 9.97. The number of likely N-dealkylation sites (tertiary alicyclic amines) is 1. The van der Waals surface area contributed by atoms with Gasteiger partial charge in [0.1, 0.15) is 5.75 Å². The summed E-state index contributed by atoms with van der Waals surface area (Å²) < 4.78 is 5.70. The minimum Gasteiger partial charge on any atom is -0.479 e. The zero-order chi connectivity index (χ0) is 16.3. The Morgan fingerprint density at radius 1 is 1.45 bits per heavy atom. The Kier molecular flexibility index (Phi) is 5.29. The highest BCUT2D eigenvalue weighted by atomic mass is 35.5. The smallest absolute Gasteiger partial charge is 0.263 e. The van der Waals surface area contributed by atoms with E-state index in [-0.39, 0.29) is 17.7 Å². The van der Waals surface area contributed by atoms with Crippen molar-refractivity contribution in [1.29, 1.82) is 0 Å². The largest absolute Gasteiger partial charge is 0.479 e. The molecule has 2 N–H and O–H groups in total. The highest BCUT2D eigenvalue weighted by molar-refractivity contribution is 6.32. The van der Waals surface area contributed by atoms with Crippen molar-refractivity contribution < 1.29 is 14.3 Å². The number of carbonyl (C=O) groups excluding carboxylic acids is 2. The first-order valence-corrected chi connectivity index (χ1v) is 7.77. The van der Waals surface area contributed by atoms with E-state index in [9.17, 15) is 9.59 Å². The Morgan fingerprint density at radius 3 is 2.86 bits per heavy atom. The second-order valence-electron chi connectivity index (χ2n) is 5.72. The van der Waals surface area contributed by atoms with Crippen LogP contribution in [0.15, 0.2) is 18.2 Å². The van der Waals surface area contributed by atoms with Crippen molar-refractivity contribution in [2.45, 2.75) is 32.8 Å². The summed E-state index contributed by atoms with van der Waals surface area (Å²) in [5.41, 5.74) is 6.35. The molecule has 1 aliphatic heterocycles. The highest BCUT2D eigenvalue weighted by Crippen LogP contribution is 2.27. The van der Waals surface area contributed by atoms with Gasteiger partial charge in [-0.1, -0.05) is 17.7 Å². The standard InChI is InChI=1S/C16H21ClN2O3/c1-10-5-6-13(17)14(8-10)22-11(2)16(21)19-7-3-4-12(9-19)15(18)20/h5-6,8,11-12H,3-4,7,9H2,1-2H3,(H2,18,20)/t11-,12+/m0/s1. The number of carbonyl (C=O) groups is 2. The molecule has 6 heteroatoms. The lowest BCUT2D eigenvalue weighted by Crippen LogP contribution is -2.48. The predicted molar refractivity (Wildman–Crippen MR) is 84.8 cm³/mol. The van der Waals surface area contributed by atoms with Crippen LogP contribution in [0.1, 0.15) is 25.3 Å². The molecule has 1 aliphatic rings. The summed E-state index contributed by atoms with van der Waals surface area (Å²) in [7, 11) is 0. The van der Waals surface area contributed by atoms with E-state index in [1.54, 1.807) is 24.0 Å². The molecule has 1 fully saturated rings. The molecule has 2 amide bonds. The van der Waals surface area contributed by atoms with E-state index in [0.717, 1.165) is 18.4 Å². The number of primary amides is 1. The van der Waals surface area contributed by atoms with Crippen LogP contribution in [-0.2, 0) is 9.59 Å². The maximum absolute atomic E-state index is 12.5. The van der Waals surface area contributed by atoms with Gasteiger partial charge in [0.15, 0.2) is 6.10 Å². The second kappa shape index (κ2) is 7.01. The van der Waals surface area contributed by atoms with E-state index >= 15 is 0 Å². The molecule has 2 rings (SSSR count). The first kappa shape index (κ1) is 16.6. The van der Waals surface area contributed by atoms with Crippen LogP contribution in [0.25, 0.3) is 0 Å². The normalized spacial score (nSPS) is 19.6. The van der Waals surface area contributed by atoms with E-state index in [1.807, 2.05) is 13.0 Å². The number of hydrogen-bond donors (Lipinski definition) is 1. The van der Waals surface area contributed by atoms with Gasteiger partial charge in [0.05, 0.1) is 10.9 Å². The maximum atomic E-state index is 12.5. The topological polar surface area (TPSA) is 72.6 Å². The van der Waals surface area contributed by atoms with Crippen LogP contribution >= 0.6 is 11.6 Å².